The summed E-state index contributed by atoms with van der Waals surface area (Å²) in [6.07, 6.45) is 0. The summed E-state index contributed by atoms with van der Waals surface area (Å²) in [4.78, 5) is 12.5. The molecule has 0 fully saturated rings. The normalized spacial score (nSPS) is 12.8. The fourth-order valence-electron chi connectivity index (χ4n) is 3.18. The highest BCUT2D eigenvalue weighted by molar-refractivity contribution is 14.1. The van der Waals surface area contributed by atoms with Crippen LogP contribution in [-0.2, 0) is 14.8 Å². The number of oxime groups is 1. The van der Waals surface area contributed by atoms with Crippen LogP contribution in [0.2, 0.25) is 0 Å². The summed E-state index contributed by atoms with van der Waals surface area (Å²) in [7, 11) is -3.94. The van der Waals surface area contributed by atoms with Crippen LogP contribution in [0.15, 0.2) is 82.6 Å². The Balaban J connectivity index is 1.89. The van der Waals surface area contributed by atoms with Crippen molar-refractivity contribution in [2.75, 3.05) is 5.32 Å². The zero-order chi connectivity index (χ0) is 25.0. The maximum absolute atomic E-state index is 14.9. The molecule has 1 amide bonds. The number of hydrogen-bond acceptors (Lipinski definition) is 5. The molecule has 0 atom stereocenters. The van der Waals surface area contributed by atoms with Crippen molar-refractivity contribution in [2.45, 2.75) is 11.8 Å². The van der Waals surface area contributed by atoms with Gasteiger partial charge >= 0.3 is 0 Å². The van der Waals surface area contributed by atoms with Gasteiger partial charge in [-0.15, -0.1) is 0 Å². The maximum atomic E-state index is 14.9. The fraction of sp³-hybridized carbons (Fsp3) is 0.0435. The third kappa shape index (κ3) is 5.61. The van der Waals surface area contributed by atoms with Gasteiger partial charge in [-0.25, -0.2) is 17.9 Å². The highest BCUT2D eigenvalue weighted by Crippen LogP contribution is 2.31. The van der Waals surface area contributed by atoms with Crippen LogP contribution in [-0.4, -0.2) is 25.4 Å². The van der Waals surface area contributed by atoms with Crippen molar-refractivity contribution in [3.63, 3.8) is 0 Å². The molecular weight excluding hydrogens is 574 g/mol. The van der Waals surface area contributed by atoms with E-state index in [0.717, 1.165) is 0 Å². The third-order valence-electron chi connectivity index (χ3n) is 4.95. The Labute approximate surface area is 209 Å². The van der Waals surface area contributed by atoms with E-state index in [1.54, 1.807) is 54.6 Å². The molecule has 6 N–H and O–H groups in total. The monoisotopic (exact) mass is 594 g/mol. The number of hydrogen-bond donors (Lipinski definition) is 4. The first-order valence-electron chi connectivity index (χ1n) is 9.70. The summed E-state index contributed by atoms with van der Waals surface area (Å²) in [5.41, 5.74) is 7.73. The molecule has 34 heavy (non-hydrogen) atoms. The van der Waals surface area contributed by atoms with Gasteiger partial charge in [0, 0.05) is 14.7 Å². The Morgan fingerprint density at radius 3 is 2.38 bits per heavy atom. The first kappa shape index (κ1) is 25.3. The smallest absolute Gasteiger partial charge is 0.284 e. The van der Waals surface area contributed by atoms with E-state index in [1.807, 2.05) is 22.6 Å². The molecule has 0 aliphatic rings. The van der Waals surface area contributed by atoms with Gasteiger partial charge in [0.15, 0.2) is 11.7 Å². The van der Waals surface area contributed by atoms with Gasteiger partial charge in [-0.2, -0.15) is 0 Å². The number of nitrogens with two attached hydrogens (primary N) is 2. The average Bonchev–Trinajstić information content (AvgIpc) is 2.83. The van der Waals surface area contributed by atoms with Crippen LogP contribution in [0.3, 0.4) is 0 Å². The molecule has 0 aliphatic heterocycles. The highest BCUT2D eigenvalue weighted by Gasteiger charge is 2.18. The molecule has 0 spiro atoms. The Hall–Kier alpha value is -3.29. The van der Waals surface area contributed by atoms with Gasteiger partial charge in [0.05, 0.1) is 10.6 Å². The van der Waals surface area contributed by atoms with E-state index in [2.05, 4.69) is 10.5 Å². The fourth-order valence-corrected chi connectivity index (χ4v) is 4.59. The van der Waals surface area contributed by atoms with Crippen LogP contribution in [0.25, 0.3) is 16.7 Å². The number of rotatable bonds is 6. The number of nitrogens with one attached hydrogen (secondary N) is 1. The molecule has 0 aromatic heterocycles. The summed E-state index contributed by atoms with van der Waals surface area (Å²) in [6, 6.07) is 17.4. The van der Waals surface area contributed by atoms with Crippen molar-refractivity contribution in [1.29, 1.82) is 0 Å². The predicted molar refractivity (Wildman–Crippen MR) is 137 cm³/mol. The van der Waals surface area contributed by atoms with Gasteiger partial charge in [-0.1, -0.05) is 47.6 Å². The number of benzene rings is 3. The van der Waals surface area contributed by atoms with E-state index in [0.29, 0.717) is 31.5 Å². The van der Waals surface area contributed by atoms with Crippen LogP contribution in [0.1, 0.15) is 18.1 Å². The number of amides is 1. The van der Waals surface area contributed by atoms with Crippen molar-refractivity contribution in [3.05, 3.63) is 87.3 Å². The molecule has 0 saturated heterocycles. The molecule has 0 radical (unpaired) electrons. The zero-order valence-corrected chi connectivity index (χ0v) is 20.8. The summed E-state index contributed by atoms with van der Waals surface area (Å²) in [5.74, 6) is -2.10. The second-order valence-corrected chi connectivity index (χ2v) is 9.89. The van der Waals surface area contributed by atoms with Crippen LogP contribution in [0.5, 0.6) is 0 Å². The van der Waals surface area contributed by atoms with Crippen LogP contribution < -0.4 is 16.2 Å². The SMILES string of the molecule is C/C(=C(\F)C(=O)Nc1ccc(-c2ccccc2S(N)(=O)=O)cc1I)c1cccc(/C(N)=N\O)c1. The van der Waals surface area contributed by atoms with Crippen LogP contribution in [0.4, 0.5) is 10.1 Å². The van der Waals surface area contributed by atoms with E-state index in [1.165, 1.54) is 19.1 Å². The second kappa shape index (κ2) is 10.3. The van der Waals surface area contributed by atoms with Gasteiger partial charge in [0.2, 0.25) is 10.0 Å². The Bertz CT molecular complexity index is 1440. The van der Waals surface area contributed by atoms with Gasteiger partial charge in [-0.3, -0.25) is 4.79 Å². The molecule has 3 aromatic carbocycles. The molecule has 176 valence electrons. The molecule has 3 aromatic rings. The standard InChI is InChI=1S/C23H20FIN4O4S/c1-13(14-5-4-6-16(11-14)22(26)29-31)21(24)23(30)28-19-10-9-15(12-18(19)25)17-7-2-3-8-20(17)34(27,32)33/h2-12,31H,1H3,(H2,26,29)(H,28,30)(H2,27,32,33)/b21-13+. The minimum absolute atomic E-state index is 0.0266. The topological polar surface area (TPSA) is 148 Å². The molecule has 8 nitrogen and oxygen atoms in total. The summed E-state index contributed by atoms with van der Waals surface area (Å²) >= 11 is 1.96. The van der Waals surface area contributed by atoms with Gasteiger partial charge in [0.25, 0.3) is 5.91 Å². The zero-order valence-electron chi connectivity index (χ0n) is 17.8. The van der Waals surface area contributed by atoms with Gasteiger partial charge < -0.3 is 16.3 Å². The lowest BCUT2D eigenvalue weighted by molar-refractivity contribution is -0.114. The lowest BCUT2D eigenvalue weighted by Crippen LogP contribution is -2.15. The van der Waals surface area contributed by atoms with Crippen LogP contribution in [0, 0.1) is 3.57 Å². The van der Waals surface area contributed by atoms with Crippen molar-refractivity contribution < 1.29 is 22.8 Å². The number of halogens is 2. The molecule has 0 unspecified atom stereocenters. The van der Waals surface area contributed by atoms with E-state index in [-0.39, 0.29) is 16.3 Å². The molecule has 0 aliphatic carbocycles. The Morgan fingerprint density at radius 2 is 1.74 bits per heavy atom. The number of allylic oxidation sites excluding steroid dienone is 1. The highest BCUT2D eigenvalue weighted by atomic mass is 127. The lowest BCUT2D eigenvalue weighted by atomic mass is 10.0. The van der Waals surface area contributed by atoms with Crippen molar-refractivity contribution >= 4 is 55.6 Å². The number of primary sulfonamides is 1. The second-order valence-electron chi connectivity index (χ2n) is 7.19. The number of sulfonamides is 1. The molecule has 0 bridgehead atoms. The molecule has 0 heterocycles. The molecule has 11 heteroatoms. The third-order valence-corrected chi connectivity index (χ3v) is 6.81. The van der Waals surface area contributed by atoms with E-state index < -0.39 is 21.8 Å². The summed E-state index contributed by atoms with van der Waals surface area (Å²) < 4.78 is 39.3. The van der Waals surface area contributed by atoms with Crippen LogP contribution >= 0.6 is 22.6 Å². The molecular formula is C23H20FIN4O4S. The van der Waals surface area contributed by atoms with Gasteiger partial charge in [0.1, 0.15) is 0 Å². The molecule has 0 saturated carbocycles. The van der Waals surface area contributed by atoms with Crippen molar-refractivity contribution in [2.24, 2.45) is 16.0 Å². The number of amidine groups is 1. The van der Waals surface area contributed by atoms with E-state index >= 15 is 0 Å². The first-order chi connectivity index (χ1) is 16.0. The number of carbonyl (C=O) groups is 1. The van der Waals surface area contributed by atoms with E-state index in [9.17, 15) is 17.6 Å². The van der Waals surface area contributed by atoms with Gasteiger partial charge in [-0.05, 0) is 70.5 Å². The summed E-state index contributed by atoms with van der Waals surface area (Å²) in [5, 5.41) is 19.6. The largest absolute Gasteiger partial charge is 0.409 e. The minimum atomic E-state index is -3.94. The quantitative estimate of drug-likeness (QED) is 0.0850. The number of carbonyl (C=O) groups excluding carboxylic acids is 1. The predicted octanol–water partition coefficient (Wildman–Crippen LogP) is 4.04. The average molecular weight is 594 g/mol. The van der Waals surface area contributed by atoms with Crippen molar-refractivity contribution in [1.82, 2.24) is 0 Å². The summed E-state index contributed by atoms with van der Waals surface area (Å²) in [6.45, 7) is 1.44. The number of anilines is 1. The van der Waals surface area contributed by atoms with Crippen molar-refractivity contribution in [3.8, 4) is 11.1 Å². The number of nitrogens with zero attached hydrogens (tertiary/aromatic N) is 1. The maximum Gasteiger partial charge on any atom is 0.284 e. The molecule has 3 rings (SSSR count). The lowest BCUT2D eigenvalue weighted by Gasteiger charge is -2.12. The minimum Gasteiger partial charge on any atom is -0.409 e. The Morgan fingerprint density at radius 1 is 1.06 bits per heavy atom. The van der Waals surface area contributed by atoms with E-state index in [4.69, 9.17) is 16.1 Å². The Kier molecular flexibility index (Phi) is 7.69. The first-order valence-corrected chi connectivity index (χ1v) is 12.3.